The molecule has 2 aromatic rings. The Morgan fingerprint density at radius 2 is 1.77 bits per heavy atom. The number of likely N-dealkylation sites (tertiary alicyclic amines) is 1. The van der Waals surface area contributed by atoms with E-state index in [1.165, 1.54) is 18.9 Å². The van der Waals surface area contributed by atoms with Crippen LogP contribution in [-0.2, 0) is 12.7 Å². The zero-order chi connectivity index (χ0) is 25.3. The highest BCUT2D eigenvalue weighted by Gasteiger charge is 2.30. The minimum atomic E-state index is -4.37. The highest BCUT2D eigenvalue weighted by molar-refractivity contribution is 5.43. The molecule has 0 amide bonds. The average Bonchev–Trinajstić information content (AvgIpc) is 2.83. The van der Waals surface area contributed by atoms with Crippen LogP contribution in [0.3, 0.4) is 0 Å². The molecule has 1 aliphatic heterocycles. The first-order valence-corrected chi connectivity index (χ1v) is 12.3. The molecular formula is C27H37F3N2O3. The Kier molecular flexibility index (Phi) is 10.1. The van der Waals surface area contributed by atoms with E-state index in [1.807, 2.05) is 25.2 Å². The van der Waals surface area contributed by atoms with E-state index < -0.39 is 11.7 Å². The summed E-state index contributed by atoms with van der Waals surface area (Å²) in [6, 6.07) is 11.0. The molecule has 1 fully saturated rings. The molecule has 0 spiro atoms. The van der Waals surface area contributed by atoms with Crippen LogP contribution in [0.25, 0.3) is 0 Å². The minimum absolute atomic E-state index is 0.234. The molecular weight excluding hydrogens is 457 g/mol. The Labute approximate surface area is 206 Å². The number of hydrogen-bond donors (Lipinski definition) is 0. The van der Waals surface area contributed by atoms with Crippen molar-refractivity contribution in [3.8, 4) is 17.2 Å². The number of alkyl halides is 3. The van der Waals surface area contributed by atoms with Crippen molar-refractivity contribution in [1.29, 1.82) is 0 Å². The lowest BCUT2D eigenvalue weighted by atomic mass is 9.99. The van der Waals surface area contributed by atoms with Crippen molar-refractivity contribution in [2.24, 2.45) is 5.92 Å². The van der Waals surface area contributed by atoms with Crippen molar-refractivity contribution in [1.82, 2.24) is 9.80 Å². The molecule has 2 aromatic carbocycles. The summed E-state index contributed by atoms with van der Waals surface area (Å²) in [5.74, 6) is 2.52. The average molecular weight is 495 g/mol. The van der Waals surface area contributed by atoms with Gasteiger partial charge in [-0.1, -0.05) is 19.1 Å². The first kappa shape index (κ1) is 27.1. The first-order chi connectivity index (χ1) is 16.7. The molecule has 0 aliphatic carbocycles. The molecule has 0 unspecified atom stereocenters. The van der Waals surface area contributed by atoms with Gasteiger partial charge < -0.3 is 19.1 Å². The van der Waals surface area contributed by atoms with Crippen molar-refractivity contribution in [3.05, 3.63) is 53.6 Å². The second-order valence-corrected chi connectivity index (χ2v) is 9.32. The zero-order valence-electron chi connectivity index (χ0n) is 20.9. The first-order valence-electron chi connectivity index (χ1n) is 12.3. The van der Waals surface area contributed by atoms with Gasteiger partial charge in [-0.15, -0.1) is 0 Å². The third-order valence-electron chi connectivity index (χ3n) is 6.34. The normalized spacial score (nSPS) is 15.4. The summed E-state index contributed by atoms with van der Waals surface area (Å²) >= 11 is 0. The third kappa shape index (κ3) is 8.93. The highest BCUT2D eigenvalue weighted by atomic mass is 19.4. The van der Waals surface area contributed by atoms with Gasteiger partial charge in [0.25, 0.3) is 0 Å². The molecule has 35 heavy (non-hydrogen) atoms. The number of ether oxygens (including phenoxy) is 3. The van der Waals surface area contributed by atoms with Gasteiger partial charge in [0, 0.05) is 19.6 Å². The van der Waals surface area contributed by atoms with Crippen molar-refractivity contribution in [3.63, 3.8) is 0 Å². The smallest absolute Gasteiger partial charge is 0.416 e. The second kappa shape index (κ2) is 13.0. The van der Waals surface area contributed by atoms with E-state index in [-0.39, 0.29) is 5.75 Å². The van der Waals surface area contributed by atoms with E-state index in [0.717, 1.165) is 61.3 Å². The molecule has 194 valence electrons. The fraction of sp³-hybridized carbons (Fsp3) is 0.556. The maximum absolute atomic E-state index is 12.8. The van der Waals surface area contributed by atoms with Gasteiger partial charge in [-0.2, -0.15) is 13.2 Å². The van der Waals surface area contributed by atoms with Gasteiger partial charge >= 0.3 is 6.18 Å². The van der Waals surface area contributed by atoms with E-state index >= 15 is 0 Å². The van der Waals surface area contributed by atoms with Crippen LogP contribution in [0.1, 0.15) is 37.3 Å². The predicted molar refractivity (Wildman–Crippen MR) is 131 cm³/mol. The fourth-order valence-corrected chi connectivity index (χ4v) is 4.18. The number of benzene rings is 2. The number of rotatable bonds is 12. The van der Waals surface area contributed by atoms with Crippen LogP contribution in [0.15, 0.2) is 42.5 Å². The number of methoxy groups -OCH3 is 1. The highest BCUT2D eigenvalue weighted by Crippen LogP contribution is 2.31. The monoisotopic (exact) mass is 494 g/mol. The summed E-state index contributed by atoms with van der Waals surface area (Å²) in [5, 5.41) is 0. The quantitative estimate of drug-likeness (QED) is 0.352. The van der Waals surface area contributed by atoms with Crippen LogP contribution in [0.5, 0.6) is 17.2 Å². The molecule has 3 rings (SSSR count). The molecule has 5 nitrogen and oxygen atoms in total. The summed E-state index contributed by atoms with van der Waals surface area (Å²) < 4.78 is 55.5. The number of piperidine rings is 1. The Bertz CT molecular complexity index is 915. The van der Waals surface area contributed by atoms with E-state index in [2.05, 4.69) is 16.7 Å². The minimum Gasteiger partial charge on any atom is -0.494 e. The van der Waals surface area contributed by atoms with E-state index in [4.69, 9.17) is 14.2 Å². The Morgan fingerprint density at radius 1 is 1.00 bits per heavy atom. The Hall–Kier alpha value is -2.45. The fourth-order valence-electron chi connectivity index (χ4n) is 4.18. The SMILES string of the molecule is COc1cc(CN(C)CCCOc2cccc(C(F)(F)F)c2)ccc1OCCN1CCC(C)CC1. The van der Waals surface area contributed by atoms with Crippen LogP contribution in [-0.4, -0.2) is 63.4 Å². The summed E-state index contributed by atoms with van der Waals surface area (Å²) in [6.45, 7) is 7.94. The number of hydrogen-bond acceptors (Lipinski definition) is 5. The molecule has 0 N–H and O–H groups in total. The van der Waals surface area contributed by atoms with E-state index in [1.54, 1.807) is 13.2 Å². The van der Waals surface area contributed by atoms with Crippen molar-refractivity contribution in [2.75, 3.05) is 53.6 Å². The summed E-state index contributed by atoms with van der Waals surface area (Å²) in [5.41, 5.74) is 0.398. The Morgan fingerprint density at radius 3 is 2.49 bits per heavy atom. The number of nitrogens with zero attached hydrogens (tertiary/aromatic N) is 2. The third-order valence-corrected chi connectivity index (χ3v) is 6.34. The molecule has 1 saturated heterocycles. The second-order valence-electron chi connectivity index (χ2n) is 9.32. The topological polar surface area (TPSA) is 34.2 Å². The molecule has 0 saturated carbocycles. The molecule has 0 bridgehead atoms. The number of halogens is 3. The molecule has 1 heterocycles. The van der Waals surface area contributed by atoms with Crippen molar-refractivity contribution < 1.29 is 27.4 Å². The van der Waals surface area contributed by atoms with Gasteiger partial charge in [0.2, 0.25) is 0 Å². The summed E-state index contributed by atoms with van der Waals surface area (Å²) in [4.78, 5) is 4.59. The van der Waals surface area contributed by atoms with Crippen LogP contribution < -0.4 is 14.2 Å². The lowest BCUT2D eigenvalue weighted by molar-refractivity contribution is -0.137. The van der Waals surface area contributed by atoms with Gasteiger partial charge in [0.1, 0.15) is 12.4 Å². The molecule has 1 aliphatic rings. The zero-order valence-corrected chi connectivity index (χ0v) is 20.9. The lowest BCUT2D eigenvalue weighted by Crippen LogP contribution is -2.35. The maximum atomic E-state index is 12.8. The summed E-state index contributed by atoms with van der Waals surface area (Å²) in [6.07, 6.45) is -1.17. The van der Waals surface area contributed by atoms with Crippen molar-refractivity contribution in [2.45, 2.75) is 38.9 Å². The van der Waals surface area contributed by atoms with Crippen LogP contribution in [0.2, 0.25) is 0 Å². The van der Waals surface area contributed by atoms with Gasteiger partial charge in [-0.25, -0.2) is 0 Å². The van der Waals surface area contributed by atoms with E-state index in [0.29, 0.717) is 26.2 Å². The molecule has 0 aromatic heterocycles. The molecule has 0 atom stereocenters. The van der Waals surface area contributed by atoms with Gasteiger partial charge in [0.15, 0.2) is 11.5 Å². The lowest BCUT2D eigenvalue weighted by Gasteiger charge is -2.30. The summed E-state index contributed by atoms with van der Waals surface area (Å²) in [7, 11) is 3.65. The van der Waals surface area contributed by atoms with Gasteiger partial charge in [-0.05, 0) is 81.2 Å². The van der Waals surface area contributed by atoms with Crippen LogP contribution >= 0.6 is 0 Å². The van der Waals surface area contributed by atoms with Crippen LogP contribution in [0.4, 0.5) is 13.2 Å². The van der Waals surface area contributed by atoms with Gasteiger partial charge in [-0.3, -0.25) is 4.90 Å². The van der Waals surface area contributed by atoms with Crippen LogP contribution in [0, 0.1) is 5.92 Å². The Balaban J connectivity index is 1.40. The van der Waals surface area contributed by atoms with Gasteiger partial charge in [0.05, 0.1) is 19.3 Å². The largest absolute Gasteiger partial charge is 0.494 e. The van der Waals surface area contributed by atoms with Crippen molar-refractivity contribution >= 4 is 0 Å². The molecule has 0 radical (unpaired) electrons. The standard InChI is InChI=1S/C27H37F3N2O3/c1-21-10-13-32(14-11-21)15-17-35-25-9-8-22(18-26(25)33-3)20-31(2)12-5-16-34-24-7-4-6-23(19-24)27(28,29)30/h4,6-9,18-19,21H,5,10-17,20H2,1-3H3. The maximum Gasteiger partial charge on any atom is 0.416 e. The predicted octanol–water partition coefficient (Wildman–Crippen LogP) is 5.73. The molecule has 8 heteroatoms. The van der Waals surface area contributed by atoms with E-state index in [9.17, 15) is 13.2 Å².